The Bertz CT molecular complexity index is 323. The highest BCUT2D eigenvalue weighted by Crippen LogP contribution is 2.11. The summed E-state index contributed by atoms with van der Waals surface area (Å²) in [5, 5.41) is 0. The second kappa shape index (κ2) is 5.04. The molecule has 0 atom stereocenters. The van der Waals surface area contributed by atoms with E-state index in [1.54, 1.807) is 6.20 Å². The van der Waals surface area contributed by atoms with Crippen LogP contribution in [0.4, 0.5) is 0 Å². The van der Waals surface area contributed by atoms with Gasteiger partial charge in [-0.15, -0.1) is 0 Å². The lowest BCUT2D eigenvalue weighted by Crippen LogP contribution is -1.76. The monoisotopic (exact) mass is 172 g/mol. The second-order valence-electron chi connectivity index (χ2n) is 2.63. The van der Waals surface area contributed by atoms with Gasteiger partial charge in [0.15, 0.2) is 0 Å². The van der Waals surface area contributed by atoms with E-state index in [0.717, 1.165) is 5.57 Å². The summed E-state index contributed by atoms with van der Waals surface area (Å²) in [6, 6.07) is 10.1. The summed E-state index contributed by atoms with van der Waals surface area (Å²) in [5.41, 5.74) is 2.28. The fourth-order valence-electron chi connectivity index (χ4n) is 0.968. The first-order valence-electron chi connectivity index (χ1n) is 4.04. The van der Waals surface area contributed by atoms with Gasteiger partial charge >= 0.3 is 0 Å². The Morgan fingerprint density at radius 2 is 2.00 bits per heavy atom. The zero-order valence-electron chi connectivity index (χ0n) is 7.64. The van der Waals surface area contributed by atoms with Crippen LogP contribution >= 0.6 is 0 Å². The lowest BCUT2D eigenvalue weighted by molar-refractivity contribution is 1.49. The normalized spacial score (nSPS) is 11.9. The fraction of sp³-hybridized carbons (Fsp3) is 0.0909. The molecule has 1 aromatic carbocycles. The lowest BCUT2D eigenvalue weighted by atomic mass is 10.1. The van der Waals surface area contributed by atoms with Gasteiger partial charge in [-0.2, -0.15) is 0 Å². The first-order valence-corrected chi connectivity index (χ1v) is 4.04. The average molecular weight is 172 g/mol. The van der Waals surface area contributed by atoms with Gasteiger partial charge in [0.1, 0.15) is 6.34 Å². The van der Waals surface area contributed by atoms with Crippen LogP contribution in [0.15, 0.2) is 46.5 Å². The Morgan fingerprint density at radius 3 is 2.62 bits per heavy atom. The van der Waals surface area contributed by atoms with E-state index in [-0.39, 0.29) is 0 Å². The van der Waals surface area contributed by atoms with Crippen LogP contribution in [0, 0.1) is 0 Å². The van der Waals surface area contributed by atoms with Crippen molar-refractivity contribution in [2.24, 2.45) is 9.98 Å². The van der Waals surface area contributed by atoms with Crippen LogP contribution in [-0.2, 0) is 0 Å². The van der Waals surface area contributed by atoms with Crippen LogP contribution < -0.4 is 0 Å². The SMILES string of the molecule is C=NC=N/C=C(\C)c1ccccc1. The molecule has 0 radical (unpaired) electrons. The molecule has 0 aliphatic heterocycles. The minimum absolute atomic E-state index is 1.11. The third-order valence-electron chi connectivity index (χ3n) is 1.65. The molecule has 0 bridgehead atoms. The van der Waals surface area contributed by atoms with E-state index in [1.165, 1.54) is 11.9 Å². The first kappa shape index (κ1) is 9.39. The summed E-state index contributed by atoms with van der Waals surface area (Å²) >= 11 is 0. The smallest absolute Gasteiger partial charge is 0.114 e. The third kappa shape index (κ3) is 3.03. The summed E-state index contributed by atoms with van der Waals surface area (Å²) in [6.07, 6.45) is 3.19. The van der Waals surface area contributed by atoms with Crippen LogP contribution in [0.3, 0.4) is 0 Å². The molecule has 0 heterocycles. The molecule has 66 valence electrons. The molecule has 0 saturated heterocycles. The van der Waals surface area contributed by atoms with Crippen molar-refractivity contribution in [2.75, 3.05) is 0 Å². The highest BCUT2D eigenvalue weighted by Gasteiger charge is 1.90. The van der Waals surface area contributed by atoms with Gasteiger partial charge < -0.3 is 0 Å². The molecule has 0 aromatic heterocycles. The maximum atomic E-state index is 3.95. The molecular formula is C11H12N2. The summed E-state index contributed by atoms with van der Waals surface area (Å²) in [7, 11) is 0. The van der Waals surface area contributed by atoms with Gasteiger partial charge in [0.05, 0.1) is 0 Å². The summed E-state index contributed by atoms with van der Waals surface area (Å²) in [5.74, 6) is 0. The minimum atomic E-state index is 1.11. The number of aliphatic imine (C=N–C) groups is 2. The largest absolute Gasteiger partial charge is 0.253 e. The van der Waals surface area contributed by atoms with E-state index in [0.29, 0.717) is 0 Å². The average Bonchev–Trinajstić information content (AvgIpc) is 2.19. The van der Waals surface area contributed by atoms with Gasteiger partial charge in [-0.05, 0) is 24.8 Å². The number of hydrogen-bond acceptors (Lipinski definition) is 1. The number of allylic oxidation sites excluding steroid dienone is 1. The van der Waals surface area contributed by atoms with Gasteiger partial charge in [-0.25, -0.2) is 4.99 Å². The molecule has 13 heavy (non-hydrogen) atoms. The number of benzene rings is 1. The molecule has 1 aromatic rings. The van der Waals surface area contributed by atoms with Crippen molar-refractivity contribution in [3.63, 3.8) is 0 Å². The molecule has 0 spiro atoms. The highest BCUT2D eigenvalue weighted by molar-refractivity contribution is 5.67. The van der Waals surface area contributed by atoms with Crippen molar-refractivity contribution in [1.29, 1.82) is 0 Å². The quantitative estimate of drug-likeness (QED) is 0.494. The van der Waals surface area contributed by atoms with Crippen LogP contribution in [0.2, 0.25) is 0 Å². The number of hydrogen-bond donors (Lipinski definition) is 0. The Kier molecular flexibility index (Phi) is 3.64. The van der Waals surface area contributed by atoms with E-state index in [1.807, 2.05) is 37.3 Å². The molecule has 0 amide bonds. The van der Waals surface area contributed by atoms with Crippen LogP contribution in [-0.4, -0.2) is 13.1 Å². The summed E-state index contributed by atoms with van der Waals surface area (Å²) < 4.78 is 0. The van der Waals surface area contributed by atoms with Crippen LogP contribution in [0.25, 0.3) is 5.57 Å². The molecule has 2 nitrogen and oxygen atoms in total. The highest BCUT2D eigenvalue weighted by atomic mass is 14.8. The van der Waals surface area contributed by atoms with Crippen LogP contribution in [0.1, 0.15) is 12.5 Å². The Morgan fingerprint density at radius 1 is 1.31 bits per heavy atom. The van der Waals surface area contributed by atoms with Crippen molar-refractivity contribution in [2.45, 2.75) is 6.92 Å². The third-order valence-corrected chi connectivity index (χ3v) is 1.65. The van der Waals surface area contributed by atoms with Gasteiger partial charge in [-0.1, -0.05) is 30.3 Å². The first-order chi connectivity index (χ1) is 6.34. The molecular weight excluding hydrogens is 160 g/mol. The Balaban J connectivity index is 2.79. The second-order valence-corrected chi connectivity index (χ2v) is 2.63. The predicted octanol–water partition coefficient (Wildman–Crippen LogP) is 2.78. The van der Waals surface area contributed by atoms with Gasteiger partial charge in [0.2, 0.25) is 0 Å². The fourth-order valence-corrected chi connectivity index (χ4v) is 0.968. The Hall–Kier alpha value is -1.70. The molecule has 0 saturated carbocycles. The van der Waals surface area contributed by atoms with E-state index in [4.69, 9.17) is 0 Å². The maximum absolute atomic E-state index is 3.95. The molecule has 1 rings (SSSR count). The van der Waals surface area contributed by atoms with Crippen molar-refractivity contribution in [1.82, 2.24) is 0 Å². The zero-order chi connectivity index (χ0) is 9.52. The van der Waals surface area contributed by atoms with Gasteiger partial charge in [0, 0.05) is 6.20 Å². The molecule has 0 N–H and O–H groups in total. The van der Waals surface area contributed by atoms with E-state index in [2.05, 4.69) is 16.7 Å². The Labute approximate surface area is 78.4 Å². The van der Waals surface area contributed by atoms with E-state index >= 15 is 0 Å². The van der Waals surface area contributed by atoms with E-state index < -0.39 is 0 Å². The molecule has 2 heteroatoms. The minimum Gasteiger partial charge on any atom is -0.253 e. The van der Waals surface area contributed by atoms with Crippen molar-refractivity contribution < 1.29 is 0 Å². The number of nitrogens with zero attached hydrogens (tertiary/aromatic N) is 2. The lowest BCUT2D eigenvalue weighted by Gasteiger charge is -1.97. The predicted molar refractivity (Wildman–Crippen MR) is 58.1 cm³/mol. The maximum Gasteiger partial charge on any atom is 0.114 e. The van der Waals surface area contributed by atoms with E-state index in [9.17, 15) is 0 Å². The van der Waals surface area contributed by atoms with Crippen molar-refractivity contribution >= 4 is 18.6 Å². The molecule has 0 aliphatic carbocycles. The zero-order valence-corrected chi connectivity index (χ0v) is 7.64. The summed E-state index contributed by atoms with van der Waals surface area (Å²) in [4.78, 5) is 7.47. The molecule has 0 aliphatic rings. The standard InChI is InChI=1S/C11H12N2/c1-10(8-13-9-12-2)11-6-4-3-5-7-11/h3-9H,2H2,1H3/b10-8+,13-9?. The molecule has 0 unspecified atom stereocenters. The summed E-state index contributed by atoms with van der Waals surface area (Å²) in [6.45, 7) is 5.31. The van der Waals surface area contributed by atoms with Gasteiger partial charge in [0.25, 0.3) is 0 Å². The van der Waals surface area contributed by atoms with Crippen molar-refractivity contribution in [3.05, 3.63) is 42.1 Å². The molecule has 0 fully saturated rings. The topological polar surface area (TPSA) is 24.7 Å². The number of rotatable bonds is 3. The van der Waals surface area contributed by atoms with Crippen LogP contribution in [0.5, 0.6) is 0 Å². The van der Waals surface area contributed by atoms with Crippen molar-refractivity contribution in [3.8, 4) is 0 Å². The van der Waals surface area contributed by atoms with Gasteiger partial charge in [-0.3, -0.25) is 4.99 Å².